The predicted molar refractivity (Wildman–Crippen MR) is 85.1 cm³/mol. The van der Waals surface area contributed by atoms with Crippen LogP contribution in [0.25, 0.3) is 0 Å². The molecule has 0 N–H and O–H groups in total. The molecule has 0 amide bonds. The zero-order valence-corrected chi connectivity index (χ0v) is 13.8. The quantitative estimate of drug-likeness (QED) is 0.285. The van der Waals surface area contributed by atoms with Gasteiger partial charge in [0.05, 0.1) is 26.4 Å². The van der Waals surface area contributed by atoms with Crippen LogP contribution in [-0.4, -0.2) is 46.5 Å². The van der Waals surface area contributed by atoms with Crippen LogP contribution in [0.1, 0.15) is 18.6 Å². The zero-order chi connectivity index (χ0) is 16.9. The van der Waals surface area contributed by atoms with Crippen LogP contribution >= 0.6 is 0 Å². The standard InChI is InChI=1S/C17H24O6/c1-14(22-13-21-12-11-19-2)9-10-16(23-17(18)20-3)15-7-5-4-6-8-15/h4-10,14,16H,11-13H2,1-3H3/b10-9-/t14-,16+/m0/s1. The second-order valence-electron chi connectivity index (χ2n) is 4.68. The van der Waals surface area contributed by atoms with Crippen molar-refractivity contribution >= 4 is 6.16 Å². The highest BCUT2D eigenvalue weighted by molar-refractivity contribution is 5.60. The van der Waals surface area contributed by atoms with Crippen LogP contribution in [0.4, 0.5) is 4.79 Å². The van der Waals surface area contributed by atoms with Gasteiger partial charge < -0.3 is 23.7 Å². The fourth-order valence-electron chi connectivity index (χ4n) is 1.68. The molecule has 2 atom stereocenters. The van der Waals surface area contributed by atoms with Crippen LogP contribution in [0.15, 0.2) is 42.5 Å². The number of hydrogen-bond acceptors (Lipinski definition) is 6. The molecule has 128 valence electrons. The summed E-state index contributed by atoms with van der Waals surface area (Å²) in [5.41, 5.74) is 0.845. The van der Waals surface area contributed by atoms with Gasteiger partial charge in [-0.05, 0) is 18.6 Å². The van der Waals surface area contributed by atoms with E-state index in [0.29, 0.717) is 13.2 Å². The monoisotopic (exact) mass is 324 g/mol. The summed E-state index contributed by atoms with van der Waals surface area (Å²) < 4.78 is 25.4. The smallest absolute Gasteiger partial charge is 0.438 e. The van der Waals surface area contributed by atoms with Gasteiger partial charge in [0.1, 0.15) is 12.9 Å². The first-order chi connectivity index (χ1) is 11.2. The van der Waals surface area contributed by atoms with Gasteiger partial charge in [0.15, 0.2) is 0 Å². The molecule has 0 saturated heterocycles. The average Bonchev–Trinajstić information content (AvgIpc) is 2.58. The molecule has 0 aliphatic carbocycles. The van der Waals surface area contributed by atoms with Crippen molar-refractivity contribution in [3.05, 3.63) is 48.0 Å². The van der Waals surface area contributed by atoms with Gasteiger partial charge in [0.25, 0.3) is 0 Å². The number of carbonyl (C=O) groups is 1. The summed E-state index contributed by atoms with van der Waals surface area (Å²) in [6, 6.07) is 9.39. The summed E-state index contributed by atoms with van der Waals surface area (Å²) in [7, 11) is 2.89. The van der Waals surface area contributed by atoms with Gasteiger partial charge in [-0.25, -0.2) is 4.79 Å². The Morgan fingerprint density at radius 3 is 2.52 bits per heavy atom. The van der Waals surface area contributed by atoms with Crippen molar-refractivity contribution in [1.29, 1.82) is 0 Å². The largest absolute Gasteiger partial charge is 0.508 e. The van der Waals surface area contributed by atoms with Crippen LogP contribution in [0.2, 0.25) is 0 Å². The first kappa shape index (κ1) is 19.2. The van der Waals surface area contributed by atoms with Crippen LogP contribution in [0.3, 0.4) is 0 Å². The molecule has 23 heavy (non-hydrogen) atoms. The topological polar surface area (TPSA) is 63.2 Å². The Hall–Kier alpha value is -1.89. The van der Waals surface area contributed by atoms with Crippen molar-refractivity contribution in [3.8, 4) is 0 Å². The van der Waals surface area contributed by atoms with Gasteiger partial charge in [-0.2, -0.15) is 0 Å². The van der Waals surface area contributed by atoms with E-state index in [-0.39, 0.29) is 12.9 Å². The molecule has 0 unspecified atom stereocenters. The molecule has 0 spiro atoms. The summed E-state index contributed by atoms with van der Waals surface area (Å²) in [6.07, 6.45) is 2.10. The maximum Gasteiger partial charge on any atom is 0.508 e. The highest BCUT2D eigenvalue weighted by Gasteiger charge is 2.14. The number of ether oxygens (including phenoxy) is 5. The summed E-state index contributed by atoms with van der Waals surface area (Å²) in [4.78, 5) is 11.4. The SMILES string of the molecule is COCCOCO[C@@H](C)/C=C\[C@@H](OC(=O)OC)c1ccccc1. The zero-order valence-electron chi connectivity index (χ0n) is 13.8. The van der Waals surface area contributed by atoms with E-state index in [1.165, 1.54) is 7.11 Å². The molecule has 1 aromatic rings. The minimum Gasteiger partial charge on any atom is -0.438 e. The minimum absolute atomic E-state index is 0.169. The van der Waals surface area contributed by atoms with Crippen LogP contribution in [-0.2, 0) is 23.7 Å². The molecule has 6 nitrogen and oxygen atoms in total. The van der Waals surface area contributed by atoms with E-state index < -0.39 is 12.3 Å². The first-order valence-corrected chi connectivity index (χ1v) is 7.33. The van der Waals surface area contributed by atoms with Gasteiger partial charge in [-0.15, -0.1) is 0 Å². The lowest BCUT2D eigenvalue weighted by atomic mass is 10.1. The molecule has 0 aliphatic heterocycles. The van der Waals surface area contributed by atoms with Crippen molar-refractivity contribution in [2.75, 3.05) is 34.2 Å². The van der Waals surface area contributed by atoms with Gasteiger partial charge >= 0.3 is 6.16 Å². The Balaban J connectivity index is 2.53. The Labute approximate surface area is 136 Å². The molecule has 0 aromatic heterocycles. The van der Waals surface area contributed by atoms with Gasteiger partial charge in [0.2, 0.25) is 0 Å². The highest BCUT2D eigenvalue weighted by atomic mass is 16.7. The van der Waals surface area contributed by atoms with Gasteiger partial charge in [0, 0.05) is 7.11 Å². The highest BCUT2D eigenvalue weighted by Crippen LogP contribution is 2.19. The lowest BCUT2D eigenvalue weighted by Gasteiger charge is -2.15. The van der Waals surface area contributed by atoms with E-state index in [4.69, 9.17) is 18.9 Å². The van der Waals surface area contributed by atoms with E-state index in [2.05, 4.69) is 4.74 Å². The van der Waals surface area contributed by atoms with Crippen LogP contribution < -0.4 is 0 Å². The van der Waals surface area contributed by atoms with E-state index in [0.717, 1.165) is 5.56 Å². The third-order valence-electron chi connectivity index (χ3n) is 2.92. The number of benzene rings is 1. The third kappa shape index (κ3) is 8.35. The van der Waals surface area contributed by atoms with E-state index in [9.17, 15) is 4.79 Å². The Bertz CT molecular complexity index is 459. The number of carbonyl (C=O) groups excluding carboxylic acids is 1. The third-order valence-corrected chi connectivity index (χ3v) is 2.92. The Kier molecular flexibility index (Phi) is 9.70. The summed E-state index contributed by atoms with van der Waals surface area (Å²) in [6.45, 7) is 3.04. The molecule has 0 radical (unpaired) electrons. The fourth-order valence-corrected chi connectivity index (χ4v) is 1.68. The number of rotatable bonds is 10. The molecule has 1 rings (SSSR count). The summed E-state index contributed by atoms with van der Waals surface area (Å²) in [5.74, 6) is 0. The molecular weight excluding hydrogens is 300 g/mol. The molecule has 0 saturated carbocycles. The molecule has 0 fully saturated rings. The predicted octanol–water partition coefficient (Wildman–Crippen LogP) is 3.09. The van der Waals surface area contributed by atoms with E-state index in [1.807, 2.05) is 37.3 Å². The summed E-state index contributed by atoms with van der Waals surface area (Å²) >= 11 is 0. The van der Waals surface area contributed by atoms with Crippen molar-refractivity contribution in [2.45, 2.75) is 19.1 Å². The second-order valence-corrected chi connectivity index (χ2v) is 4.68. The van der Waals surface area contributed by atoms with Gasteiger partial charge in [-0.1, -0.05) is 36.4 Å². The Morgan fingerprint density at radius 2 is 1.87 bits per heavy atom. The van der Waals surface area contributed by atoms with E-state index in [1.54, 1.807) is 19.3 Å². The maximum absolute atomic E-state index is 11.4. The lowest BCUT2D eigenvalue weighted by Crippen LogP contribution is -2.13. The first-order valence-electron chi connectivity index (χ1n) is 7.33. The van der Waals surface area contributed by atoms with Crippen LogP contribution in [0, 0.1) is 0 Å². The molecule has 0 heterocycles. The van der Waals surface area contributed by atoms with Crippen molar-refractivity contribution < 1.29 is 28.5 Å². The molecular formula is C17H24O6. The maximum atomic E-state index is 11.4. The van der Waals surface area contributed by atoms with Crippen molar-refractivity contribution in [3.63, 3.8) is 0 Å². The molecule has 0 aliphatic rings. The number of methoxy groups -OCH3 is 2. The normalized spacial score (nSPS) is 13.7. The fraction of sp³-hybridized carbons (Fsp3) is 0.471. The molecule has 6 heteroatoms. The van der Waals surface area contributed by atoms with E-state index >= 15 is 0 Å². The second kappa shape index (κ2) is 11.6. The average molecular weight is 324 g/mol. The minimum atomic E-state index is -0.736. The number of hydrogen-bond donors (Lipinski definition) is 0. The molecule has 1 aromatic carbocycles. The Morgan fingerprint density at radius 1 is 1.13 bits per heavy atom. The molecule has 0 bridgehead atoms. The van der Waals surface area contributed by atoms with Crippen molar-refractivity contribution in [2.24, 2.45) is 0 Å². The van der Waals surface area contributed by atoms with Crippen LogP contribution in [0.5, 0.6) is 0 Å². The lowest BCUT2D eigenvalue weighted by molar-refractivity contribution is -0.0805. The van der Waals surface area contributed by atoms with Gasteiger partial charge in [-0.3, -0.25) is 0 Å². The summed E-state index contributed by atoms with van der Waals surface area (Å²) in [5, 5.41) is 0. The van der Waals surface area contributed by atoms with Crippen molar-refractivity contribution in [1.82, 2.24) is 0 Å².